The molecule has 3 aromatic rings. The minimum Gasteiger partial charge on any atom is -0.399 e. The minimum atomic E-state index is -0.398. The summed E-state index contributed by atoms with van der Waals surface area (Å²) in [5.74, 6) is -0.398. The number of carbonyl (C=O) groups is 1. The number of aryl methyl sites for hydroxylation is 3. The normalized spacial score (nSPS) is 11.0. The van der Waals surface area contributed by atoms with E-state index in [1.54, 1.807) is 0 Å². The molecule has 22 heavy (non-hydrogen) atoms. The summed E-state index contributed by atoms with van der Waals surface area (Å²) in [5, 5.41) is 1.03. The molecule has 0 atom stereocenters. The van der Waals surface area contributed by atoms with E-state index in [1.807, 2.05) is 53.1 Å². The molecule has 1 amide bonds. The summed E-state index contributed by atoms with van der Waals surface area (Å²) >= 11 is 0. The van der Waals surface area contributed by atoms with Crippen molar-refractivity contribution in [3.63, 3.8) is 0 Å². The number of hydrogen-bond donors (Lipinski definition) is 2. The number of anilines is 1. The Kier molecular flexibility index (Phi) is 3.59. The van der Waals surface area contributed by atoms with Crippen LogP contribution in [0, 0.1) is 6.92 Å². The Balaban J connectivity index is 1.96. The molecule has 3 rings (SSSR count). The van der Waals surface area contributed by atoms with E-state index in [4.69, 9.17) is 11.5 Å². The summed E-state index contributed by atoms with van der Waals surface area (Å²) in [6.45, 7) is 2.75. The molecule has 0 aliphatic rings. The third-order valence-corrected chi connectivity index (χ3v) is 4.03. The molecule has 1 heterocycles. The highest BCUT2D eigenvalue weighted by molar-refractivity contribution is 5.97. The predicted octanol–water partition coefficient (Wildman–Crippen LogP) is 2.87. The highest BCUT2D eigenvalue weighted by Crippen LogP contribution is 2.21. The van der Waals surface area contributed by atoms with E-state index in [9.17, 15) is 4.79 Å². The average Bonchev–Trinajstić information content (AvgIpc) is 2.85. The quantitative estimate of drug-likeness (QED) is 0.726. The van der Waals surface area contributed by atoms with E-state index in [-0.39, 0.29) is 0 Å². The third kappa shape index (κ3) is 2.55. The number of amides is 1. The Labute approximate surface area is 129 Å². The van der Waals surface area contributed by atoms with Crippen LogP contribution in [0.15, 0.2) is 48.5 Å². The monoisotopic (exact) mass is 293 g/mol. The molecule has 0 aliphatic carbocycles. The molecule has 0 aliphatic heterocycles. The molecule has 1 aromatic heterocycles. The van der Waals surface area contributed by atoms with Crippen LogP contribution < -0.4 is 11.5 Å². The van der Waals surface area contributed by atoms with Gasteiger partial charge >= 0.3 is 0 Å². The summed E-state index contributed by atoms with van der Waals surface area (Å²) < 4.78 is 1.99. The van der Waals surface area contributed by atoms with E-state index in [0.29, 0.717) is 12.2 Å². The molecule has 0 saturated heterocycles. The molecule has 0 fully saturated rings. The summed E-state index contributed by atoms with van der Waals surface area (Å²) in [4.78, 5) is 11.7. The van der Waals surface area contributed by atoms with Crippen molar-refractivity contribution in [2.24, 2.45) is 5.73 Å². The van der Waals surface area contributed by atoms with Crippen molar-refractivity contribution in [2.45, 2.75) is 19.9 Å². The maximum Gasteiger partial charge on any atom is 0.265 e. The van der Waals surface area contributed by atoms with Gasteiger partial charge in [0, 0.05) is 23.1 Å². The van der Waals surface area contributed by atoms with Gasteiger partial charge in [0.2, 0.25) is 0 Å². The van der Waals surface area contributed by atoms with Crippen molar-refractivity contribution >= 4 is 22.5 Å². The predicted molar refractivity (Wildman–Crippen MR) is 89.8 cm³/mol. The number of para-hydroxylation sites is 1. The summed E-state index contributed by atoms with van der Waals surface area (Å²) in [7, 11) is 0. The van der Waals surface area contributed by atoms with Crippen molar-refractivity contribution in [1.82, 2.24) is 4.57 Å². The summed E-state index contributed by atoms with van der Waals surface area (Å²) in [6, 6.07) is 15.7. The first-order valence-corrected chi connectivity index (χ1v) is 7.29. The van der Waals surface area contributed by atoms with Crippen molar-refractivity contribution in [1.29, 1.82) is 0 Å². The van der Waals surface area contributed by atoms with Crippen molar-refractivity contribution in [3.8, 4) is 0 Å². The van der Waals surface area contributed by atoms with E-state index in [1.165, 1.54) is 5.56 Å². The minimum absolute atomic E-state index is 0.398. The fraction of sp³-hybridized carbons (Fsp3) is 0.167. The van der Waals surface area contributed by atoms with E-state index >= 15 is 0 Å². The second-order valence-corrected chi connectivity index (χ2v) is 5.54. The molecule has 0 bridgehead atoms. The van der Waals surface area contributed by atoms with Gasteiger partial charge in [0.15, 0.2) is 0 Å². The zero-order valence-corrected chi connectivity index (χ0v) is 12.5. The van der Waals surface area contributed by atoms with Gasteiger partial charge in [0.25, 0.3) is 5.91 Å². The van der Waals surface area contributed by atoms with Gasteiger partial charge in [-0.25, -0.2) is 0 Å². The van der Waals surface area contributed by atoms with Crippen LogP contribution in [-0.2, 0) is 13.0 Å². The molecular weight excluding hydrogens is 274 g/mol. The van der Waals surface area contributed by atoms with E-state index in [2.05, 4.69) is 6.92 Å². The molecule has 4 heteroatoms. The number of carbonyl (C=O) groups excluding carboxylic acids is 1. The lowest BCUT2D eigenvalue weighted by molar-refractivity contribution is 0.0992. The Morgan fingerprint density at radius 1 is 1.14 bits per heavy atom. The highest BCUT2D eigenvalue weighted by Gasteiger charge is 2.13. The number of nitrogen functional groups attached to an aromatic ring is 1. The van der Waals surface area contributed by atoms with Crippen LogP contribution in [-0.4, -0.2) is 10.5 Å². The molecular formula is C18H19N3O. The Bertz CT molecular complexity index is 849. The van der Waals surface area contributed by atoms with Gasteiger partial charge in [-0.2, -0.15) is 0 Å². The van der Waals surface area contributed by atoms with Gasteiger partial charge in [-0.1, -0.05) is 24.3 Å². The van der Waals surface area contributed by atoms with Crippen molar-refractivity contribution in [2.75, 3.05) is 5.73 Å². The van der Waals surface area contributed by atoms with Gasteiger partial charge in [0.05, 0.1) is 0 Å². The second kappa shape index (κ2) is 5.56. The van der Waals surface area contributed by atoms with E-state index < -0.39 is 5.91 Å². The second-order valence-electron chi connectivity index (χ2n) is 5.54. The van der Waals surface area contributed by atoms with Gasteiger partial charge < -0.3 is 16.0 Å². The molecule has 0 unspecified atom stereocenters. The van der Waals surface area contributed by atoms with Gasteiger partial charge in [-0.05, 0) is 48.7 Å². The zero-order valence-electron chi connectivity index (χ0n) is 12.5. The first kappa shape index (κ1) is 14.2. The third-order valence-electron chi connectivity index (χ3n) is 4.03. The molecule has 0 radical (unpaired) electrons. The largest absolute Gasteiger partial charge is 0.399 e. The van der Waals surface area contributed by atoms with Crippen LogP contribution in [0.2, 0.25) is 0 Å². The Morgan fingerprint density at radius 2 is 1.91 bits per heavy atom. The molecule has 0 spiro atoms. The molecule has 4 nitrogen and oxygen atoms in total. The summed E-state index contributed by atoms with van der Waals surface area (Å²) in [5.41, 5.74) is 16.1. The number of nitrogens with zero attached hydrogens (tertiary/aromatic N) is 1. The first-order valence-electron chi connectivity index (χ1n) is 7.29. The Morgan fingerprint density at radius 3 is 2.64 bits per heavy atom. The van der Waals surface area contributed by atoms with Gasteiger partial charge in [-0.3, -0.25) is 4.79 Å². The fourth-order valence-electron chi connectivity index (χ4n) is 2.89. The average molecular weight is 293 g/mol. The Hall–Kier alpha value is -2.75. The van der Waals surface area contributed by atoms with E-state index in [0.717, 1.165) is 28.6 Å². The molecule has 2 aromatic carbocycles. The van der Waals surface area contributed by atoms with Crippen LogP contribution in [0.5, 0.6) is 0 Å². The zero-order chi connectivity index (χ0) is 15.7. The number of rotatable bonds is 4. The SMILES string of the molecule is Cc1cc(N)ccc1CCn1c(C(N)=O)cc2ccccc21. The number of fused-ring (bicyclic) bond motifs is 1. The number of benzene rings is 2. The van der Waals surface area contributed by atoms with Gasteiger partial charge in [-0.15, -0.1) is 0 Å². The first-order chi connectivity index (χ1) is 10.6. The molecule has 112 valence electrons. The number of primary amides is 1. The van der Waals surface area contributed by atoms with Crippen LogP contribution >= 0.6 is 0 Å². The van der Waals surface area contributed by atoms with Crippen molar-refractivity contribution < 1.29 is 4.79 Å². The highest BCUT2D eigenvalue weighted by atomic mass is 16.1. The van der Waals surface area contributed by atoms with Crippen LogP contribution in [0.1, 0.15) is 21.6 Å². The fourth-order valence-corrected chi connectivity index (χ4v) is 2.89. The molecule has 0 saturated carbocycles. The van der Waals surface area contributed by atoms with Crippen molar-refractivity contribution in [3.05, 3.63) is 65.4 Å². The molecule has 4 N–H and O–H groups in total. The maximum absolute atomic E-state index is 11.7. The lowest BCUT2D eigenvalue weighted by atomic mass is 10.0. The van der Waals surface area contributed by atoms with Crippen LogP contribution in [0.3, 0.4) is 0 Å². The number of aromatic nitrogens is 1. The number of nitrogens with two attached hydrogens (primary N) is 2. The number of hydrogen-bond acceptors (Lipinski definition) is 2. The lowest BCUT2D eigenvalue weighted by Gasteiger charge is -2.11. The maximum atomic E-state index is 11.7. The van der Waals surface area contributed by atoms with Gasteiger partial charge in [0.1, 0.15) is 5.69 Å². The smallest absolute Gasteiger partial charge is 0.265 e. The lowest BCUT2D eigenvalue weighted by Crippen LogP contribution is -2.17. The van der Waals surface area contributed by atoms with Crippen LogP contribution in [0.25, 0.3) is 10.9 Å². The summed E-state index contributed by atoms with van der Waals surface area (Å²) in [6.07, 6.45) is 0.824. The topological polar surface area (TPSA) is 74.0 Å². The standard InChI is InChI=1S/C18H19N3O/c1-12-10-15(19)7-6-13(12)8-9-21-16-5-3-2-4-14(16)11-17(21)18(20)22/h2-7,10-11H,8-9,19H2,1H3,(H2,20,22). The van der Waals surface area contributed by atoms with Crippen LogP contribution in [0.4, 0.5) is 5.69 Å².